The SMILES string of the molecule is O=C(CCCSc1nnc2c3ccccc3n(Cc3cccc(Cl)c3)c2n1)NCc1ccccc1. The predicted molar refractivity (Wildman–Crippen MR) is 142 cm³/mol. The molecule has 3 aromatic carbocycles. The smallest absolute Gasteiger partial charge is 0.220 e. The molecule has 0 aliphatic carbocycles. The second kappa shape index (κ2) is 10.9. The Morgan fingerprint density at radius 3 is 2.60 bits per heavy atom. The zero-order valence-corrected chi connectivity index (χ0v) is 20.6. The third-order valence-electron chi connectivity index (χ3n) is 5.70. The molecule has 176 valence electrons. The van der Waals surface area contributed by atoms with Crippen LogP contribution in [0.25, 0.3) is 22.1 Å². The number of nitrogens with one attached hydrogen (secondary N) is 1. The number of carbonyl (C=O) groups is 1. The molecule has 0 saturated carbocycles. The molecule has 0 saturated heterocycles. The van der Waals surface area contributed by atoms with Gasteiger partial charge in [0.25, 0.3) is 0 Å². The number of benzene rings is 3. The Kier molecular flexibility index (Phi) is 7.25. The molecule has 0 radical (unpaired) electrons. The van der Waals surface area contributed by atoms with Gasteiger partial charge in [-0.2, -0.15) is 0 Å². The van der Waals surface area contributed by atoms with Crippen LogP contribution in [0, 0.1) is 0 Å². The molecular formula is C27H24ClN5OS. The maximum atomic E-state index is 12.2. The van der Waals surface area contributed by atoms with Gasteiger partial charge in [-0.1, -0.05) is 84.0 Å². The van der Waals surface area contributed by atoms with Crippen LogP contribution >= 0.6 is 23.4 Å². The van der Waals surface area contributed by atoms with E-state index < -0.39 is 0 Å². The highest BCUT2D eigenvalue weighted by Gasteiger charge is 2.15. The fourth-order valence-electron chi connectivity index (χ4n) is 4.01. The quantitative estimate of drug-likeness (QED) is 0.202. The Hall–Kier alpha value is -3.42. The minimum absolute atomic E-state index is 0.0468. The lowest BCUT2D eigenvalue weighted by molar-refractivity contribution is -0.121. The van der Waals surface area contributed by atoms with Crippen LogP contribution in [0.2, 0.25) is 5.02 Å². The lowest BCUT2D eigenvalue weighted by Gasteiger charge is -2.08. The highest BCUT2D eigenvalue weighted by molar-refractivity contribution is 7.99. The van der Waals surface area contributed by atoms with E-state index in [4.69, 9.17) is 16.6 Å². The Labute approximate surface area is 212 Å². The van der Waals surface area contributed by atoms with Crippen molar-refractivity contribution in [1.29, 1.82) is 0 Å². The van der Waals surface area contributed by atoms with Gasteiger partial charge in [0.05, 0.1) is 5.52 Å². The first-order valence-electron chi connectivity index (χ1n) is 11.5. The largest absolute Gasteiger partial charge is 0.352 e. The first-order valence-corrected chi connectivity index (χ1v) is 12.8. The third kappa shape index (κ3) is 5.63. The number of carbonyl (C=O) groups excluding carboxylic acids is 1. The second-order valence-electron chi connectivity index (χ2n) is 8.21. The normalized spacial score (nSPS) is 11.2. The number of nitrogens with zero attached hydrogens (tertiary/aromatic N) is 4. The van der Waals surface area contributed by atoms with E-state index in [1.165, 1.54) is 11.8 Å². The van der Waals surface area contributed by atoms with E-state index in [0.717, 1.165) is 45.4 Å². The number of hydrogen-bond donors (Lipinski definition) is 1. The minimum atomic E-state index is 0.0468. The van der Waals surface area contributed by atoms with Gasteiger partial charge in [-0.25, -0.2) is 4.98 Å². The molecule has 1 amide bonds. The summed E-state index contributed by atoms with van der Waals surface area (Å²) in [6.45, 7) is 1.18. The molecule has 5 rings (SSSR count). The molecule has 0 aliphatic heterocycles. The number of thioether (sulfide) groups is 1. The summed E-state index contributed by atoms with van der Waals surface area (Å²) in [5.41, 5.74) is 4.82. The van der Waals surface area contributed by atoms with Gasteiger partial charge >= 0.3 is 0 Å². The van der Waals surface area contributed by atoms with Crippen molar-refractivity contribution in [2.45, 2.75) is 31.1 Å². The van der Waals surface area contributed by atoms with Gasteiger partial charge in [-0.3, -0.25) is 4.79 Å². The van der Waals surface area contributed by atoms with Crippen LogP contribution in [0.4, 0.5) is 0 Å². The van der Waals surface area contributed by atoms with Gasteiger partial charge in [-0.15, -0.1) is 10.2 Å². The first kappa shape index (κ1) is 23.3. The lowest BCUT2D eigenvalue weighted by Crippen LogP contribution is -2.22. The Morgan fingerprint density at radius 2 is 1.74 bits per heavy atom. The number of rotatable bonds is 9. The van der Waals surface area contributed by atoms with Crippen LogP contribution in [0.5, 0.6) is 0 Å². The summed E-state index contributed by atoms with van der Waals surface area (Å²) in [5, 5.41) is 14.2. The maximum absolute atomic E-state index is 12.2. The molecule has 0 aliphatic rings. The molecule has 8 heteroatoms. The molecule has 0 spiro atoms. The monoisotopic (exact) mass is 501 g/mol. The number of aromatic nitrogens is 4. The standard InChI is InChI=1S/C27H24ClN5OS/c28-21-11-6-10-20(16-21)18-33-23-13-5-4-12-22(23)25-26(33)30-27(32-31-25)35-15-7-14-24(34)29-17-19-8-2-1-3-9-19/h1-6,8-13,16H,7,14-15,17-18H2,(H,29,34). The van der Waals surface area contributed by atoms with Crippen LogP contribution in [-0.2, 0) is 17.9 Å². The van der Waals surface area contributed by atoms with E-state index in [1.54, 1.807) is 0 Å². The van der Waals surface area contributed by atoms with Gasteiger partial charge in [-0.05, 0) is 35.7 Å². The molecule has 0 bridgehead atoms. The van der Waals surface area contributed by atoms with E-state index in [2.05, 4.69) is 32.2 Å². The molecule has 6 nitrogen and oxygen atoms in total. The van der Waals surface area contributed by atoms with Gasteiger partial charge in [0.1, 0.15) is 5.52 Å². The van der Waals surface area contributed by atoms with Gasteiger partial charge in [0.15, 0.2) is 5.65 Å². The second-order valence-corrected chi connectivity index (χ2v) is 9.71. The van der Waals surface area contributed by atoms with E-state index in [-0.39, 0.29) is 5.91 Å². The summed E-state index contributed by atoms with van der Waals surface area (Å²) in [4.78, 5) is 17.0. The number of hydrogen-bond acceptors (Lipinski definition) is 5. The first-order chi connectivity index (χ1) is 17.2. The summed E-state index contributed by atoms with van der Waals surface area (Å²) in [6.07, 6.45) is 1.20. The number of amides is 1. The highest BCUT2D eigenvalue weighted by atomic mass is 35.5. The number of para-hydroxylation sites is 1. The molecule has 35 heavy (non-hydrogen) atoms. The summed E-state index contributed by atoms with van der Waals surface area (Å²) in [7, 11) is 0. The van der Waals surface area contributed by atoms with E-state index in [1.807, 2.05) is 66.7 Å². The van der Waals surface area contributed by atoms with Crippen LogP contribution in [0.15, 0.2) is 84.0 Å². The Balaban J connectivity index is 1.26. The number of halogens is 1. The van der Waals surface area contributed by atoms with E-state index in [0.29, 0.717) is 29.7 Å². The molecule has 0 unspecified atom stereocenters. The van der Waals surface area contributed by atoms with Crippen LogP contribution in [-0.4, -0.2) is 31.4 Å². The van der Waals surface area contributed by atoms with Crippen molar-refractivity contribution in [2.75, 3.05) is 5.75 Å². The summed E-state index contributed by atoms with van der Waals surface area (Å²) < 4.78 is 2.16. The fraction of sp³-hybridized carbons (Fsp3) is 0.185. The van der Waals surface area contributed by atoms with Crippen molar-refractivity contribution in [3.63, 3.8) is 0 Å². The van der Waals surface area contributed by atoms with Crippen molar-refractivity contribution >= 4 is 51.3 Å². The van der Waals surface area contributed by atoms with E-state index in [9.17, 15) is 4.79 Å². The van der Waals surface area contributed by atoms with Crippen molar-refractivity contribution in [2.24, 2.45) is 0 Å². The molecule has 2 heterocycles. The van der Waals surface area contributed by atoms with Gasteiger partial charge in [0.2, 0.25) is 11.1 Å². The molecular weight excluding hydrogens is 478 g/mol. The van der Waals surface area contributed by atoms with Crippen LogP contribution < -0.4 is 5.32 Å². The van der Waals surface area contributed by atoms with Crippen molar-refractivity contribution < 1.29 is 4.79 Å². The molecule has 5 aromatic rings. The molecule has 2 aromatic heterocycles. The zero-order chi connectivity index (χ0) is 24.0. The van der Waals surface area contributed by atoms with Crippen molar-refractivity contribution in [1.82, 2.24) is 25.1 Å². The summed E-state index contributed by atoms with van der Waals surface area (Å²) in [6, 6.07) is 25.9. The number of fused-ring (bicyclic) bond motifs is 3. The Bertz CT molecular complexity index is 1470. The highest BCUT2D eigenvalue weighted by Crippen LogP contribution is 2.28. The van der Waals surface area contributed by atoms with Crippen molar-refractivity contribution in [3.8, 4) is 0 Å². The predicted octanol–water partition coefficient (Wildman–Crippen LogP) is 5.87. The Morgan fingerprint density at radius 1 is 0.943 bits per heavy atom. The van der Waals surface area contributed by atoms with Crippen LogP contribution in [0.3, 0.4) is 0 Å². The molecule has 0 fully saturated rings. The van der Waals surface area contributed by atoms with E-state index >= 15 is 0 Å². The maximum Gasteiger partial charge on any atom is 0.220 e. The molecule has 0 atom stereocenters. The lowest BCUT2D eigenvalue weighted by atomic mass is 10.2. The average Bonchev–Trinajstić information content (AvgIpc) is 3.19. The van der Waals surface area contributed by atoms with Crippen molar-refractivity contribution in [3.05, 3.63) is 95.0 Å². The van der Waals surface area contributed by atoms with Crippen LogP contribution in [0.1, 0.15) is 24.0 Å². The van der Waals surface area contributed by atoms with Gasteiger partial charge < -0.3 is 9.88 Å². The summed E-state index contributed by atoms with van der Waals surface area (Å²) >= 11 is 7.73. The zero-order valence-electron chi connectivity index (χ0n) is 19.0. The topological polar surface area (TPSA) is 72.7 Å². The van der Waals surface area contributed by atoms with Gasteiger partial charge in [0, 0.05) is 35.7 Å². The molecule has 1 N–H and O–H groups in total. The fourth-order valence-corrected chi connectivity index (χ4v) is 4.94. The third-order valence-corrected chi connectivity index (χ3v) is 6.86. The minimum Gasteiger partial charge on any atom is -0.352 e. The average molecular weight is 502 g/mol. The summed E-state index contributed by atoms with van der Waals surface area (Å²) in [5.74, 6) is 0.783.